The van der Waals surface area contributed by atoms with Gasteiger partial charge in [-0.25, -0.2) is 9.69 Å². The van der Waals surface area contributed by atoms with Crippen LogP contribution < -0.4 is 15.0 Å². The fraction of sp³-hybridized carbons (Fsp3) is 0.129. The number of benzene rings is 3. The molecule has 212 valence electrons. The Morgan fingerprint density at radius 1 is 0.952 bits per heavy atom. The van der Waals surface area contributed by atoms with Crippen LogP contribution in [-0.2, 0) is 9.59 Å². The van der Waals surface area contributed by atoms with Gasteiger partial charge in [-0.2, -0.15) is 0 Å². The number of nitrogens with one attached hydrogen (secondary N) is 1. The summed E-state index contributed by atoms with van der Waals surface area (Å²) < 4.78 is 7.61. The van der Waals surface area contributed by atoms with Gasteiger partial charge in [-0.3, -0.25) is 25.0 Å². The second kappa shape index (κ2) is 11.8. The minimum Gasteiger partial charge on any atom is -0.492 e. The fourth-order valence-corrected chi connectivity index (χ4v) is 5.53. The first-order valence-corrected chi connectivity index (χ1v) is 13.8. The van der Waals surface area contributed by atoms with Gasteiger partial charge in [0.15, 0.2) is 0 Å². The molecule has 1 aliphatic heterocycles. The summed E-state index contributed by atoms with van der Waals surface area (Å²) in [6, 6.07) is 21.9. The predicted octanol–water partition coefficient (Wildman–Crippen LogP) is 6.22. The number of para-hydroxylation sites is 2. The number of anilines is 1. The molecule has 4 amide bonds. The van der Waals surface area contributed by atoms with Crippen LogP contribution in [0.4, 0.5) is 16.2 Å². The van der Waals surface area contributed by atoms with Crippen molar-refractivity contribution in [2.45, 2.75) is 30.6 Å². The van der Waals surface area contributed by atoms with Crippen LogP contribution in [-0.4, -0.2) is 33.9 Å². The predicted molar refractivity (Wildman–Crippen MR) is 159 cm³/mol. The first-order valence-electron chi connectivity index (χ1n) is 13.0. The highest BCUT2D eigenvalue weighted by Crippen LogP contribution is 2.33. The standard InChI is InChI=1S/C31H26N4O6S/c1-4-41-28-8-6-5-7-27(28)34-30(37)26(29(36)32-31(34)38)18-21-17-19(2)33(20(21)3)22-9-13-24(14-10-22)42-25-15-11-23(12-16-25)35(39)40/h5-18H,4H2,1-3H3,(H,32,36,38)/b26-18+. The molecule has 4 aromatic rings. The molecule has 0 aliphatic carbocycles. The molecule has 1 fully saturated rings. The van der Waals surface area contributed by atoms with Gasteiger partial charge >= 0.3 is 6.03 Å². The molecule has 1 saturated heterocycles. The van der Waals surface area contributed by atoms with Crippen molar-refractivity contribution >= 4 is 47.1 Å². The summed E-state index contributed by atoms with van der Waals surface area (Å²) >= 11 is 1.49. The molecule has 0 spiro atoms. The maximum atomic E-state index is 13.5. The summed E-state index contributed by atoms with van der Waals surface area (Å²) in [7, 11) is 0. The van der Waals surface area contributed by atoms with E-state index in [1.165, 1.54) is 30.0 Å². The number of aryl methyl sites for hydroxylation is 1. The number of aromatic nitrogens is 1. The zero-order valence-electron chi connectivity index (χ0n) is 23.0. The van der Waals surface area contributed by atoms with Crippen molar-refractivity contribution in [2.24, 2.45) is 0 Å². The maximum absolute atomic E-state index is 13.5. The van der Waals surface area contributed by atoms with E-state index in [-0.39, 0.29) is 16.9 Å². The van der Waals surface area contributed by atoms with Crippen LogP contribution in [0.15, 0.2) is 94.2 Å². The largest absolute Gasteiger partial charge is 0.492 e. The molecule has 0 unspecified atom stereocenters. The summed E-state index contributed by atoms with van der Waals surface area (Å²) in [4.78, 5) is 52.2. The quantitative estimate of drug-likeness (QED) is 0.113. The highest BCUT2D eigenvalue weighted by Gasteiger charge is 2.38. The molecule has 1 aromatic heterocycles. The van der Waals surface area contributed by atoms with Crippen molar-refractivity contribution in [1.82, 2.24) is 9.88 Å². The van der Waals surface area contributed by atoms with E-state index in [1.54, 1.807) is 43.3 Å². The third-order valence-corrected chi connectivity index (χ3v) is 7.67. The lowest BCUT2D eigenvalue weighted by molar-refractivity contribution is -0.384. The number of carbonyl (C=O) groups is 3. The lowest BCUT2D eigenvalue weighted by Gasteiger charge is -2.27. The van der Waals surface area contributed by atoms with Crippen molar-refractivity contribution in [2.75, 3.05) is 11.5 Å². The molecule has 0 radical (unpaired) electrons. The molecule has 2 heterocycles. The summed E-state index contributed by atoms with van der Waals surface area (Å²) in [6.45, 7) is 5.94. The Labute approximate surface area is 245 Å². The summed E-state index contributed by atoms with van der Waals surface area (Å²) in [5.41, 5.74) is 3.34. The SMILES string of the molecule is CCOc1ccccc1N1C(=O)NC(=O)/C(=C\c2cc(C)n(-c3ccc(Sc4ccc([N+](=O)[O-])cc4)cc3)c2C)C1=O. The monoisotopic (exact) mass is 582 g/mol. The van der Waals surface area contributed by atoms with E-state index in [9.17, 15) is 24.5 Å². The zero-order chi connectivity index (χ0) is 30.0. The number of nitrogens with zero attached hydrogens (tertiary/aromatic N) is 3. The van der Waals surface area contributed by atoms with Crippen LogP contribution in [0.25, 0.3) is 11.8 Å². The third-order valence-electron chi connectivity index (χ3n) is 6.66. The van der Waals surface area contributed by atoms with Gasteiger partial charge in [-0.15, -0.1) is 0 Å². The summed E-state index contributed by atoms with van der Waals surface area (Å²) in [6.07, 6.45) is 1.50. The number of imide groups is 2. The van der Waals surface area contributed by atoms with Crippen LogP contribution >= 0.6 is 11.8 Å². The number of non-ortho nitro benzene ring substituents is 1. The van der Waals surface area contributed by atoms with Crippen molar-refractivity contribution in [1.29, 1.82) is 0 Å². The van der Waals surface area contributed by atoms with Crippen molar-refractivity contribution in [3.8, 4) is 11.4 Å². The lowest BCUT2D eigenvalue weighted by Crippen LogP contribution is -2.54. The summed E-state index contributed by atoms with van der Waals surface area (Å²) in [5, 5.41) is 13.2. The van der Waals surface area contributed by atoms with E-state index in [2.05, 4.69) is 5.32 Å². The van der Waals surface area contributed by atoms with Crippen LogP contribution in [0.3, 0.4) is 0 Å². The first-order chi connectivity index (χ1) is 20.2. The lowest BCUT2D eigenvalue weighted by atomic mass is 10.1. The van der Waals surface area contributed by atoms with E-state index in [4.69, 9.17) is 4.74 Å². The van der Waals surface area contributed by atoms with Gasteiger partial charge in [0.1, 0.15) is 11.3 Å². The first kappa shape index (κ1) is 28.4. The molecule has 1 N–H and O–H groups in total. The van der Waals surface area contributed by atoms with Crippen LogP contribution in [0.5, 0.6) is 5.75 Å². The van der Waals surface area contributed by atoms with Gasteiger partial charge in [0.25, 0.3) is 17.5 Å². The van der Waals surface area contributed by atoms with Gasteiger partial charge in [0.2, 0.25) is 0 Å². The number of nitro benzene ring substituents is 1. The van der Waals surface area contributed by atoms with Crippen LogP contribution in [0, 0.1) is 24.0 Å². The molecule has 0 bridgehead atoms. The smallest absolute Gasteiger partial charge is 0.336 e. The van der Waals surface area contributed by atoms with Gasteiger partial charge in [0.05, 0.1) is 17.2 Å². The van der Waals surface area contributed by atoms with Crippen molar-refractivity contribution < 1.29 is 24.0 Å². The van der Waals surface area contributed by atoms with Gasteiger partial charge in [-0.1, -0.05) is 23.9 Å². The number of amides is 4. The topological polar surface area (TPSA) is 124 Å². The number of ether oxygens (including phenoxy) is 1. The van der Waals surface area contributed by atoms with Crippen LogP contribution in [0.1, 0.15) is 23.9 Å². The van der Waals surface area contributed by atoms with Gasteiger partial charge < -0.3 is 9.30 Å². The fourth-order valence-electron chi connectivity index (χ4n) is 4.72. The molecule has 3 aromatic carbocycles. The highest BCUT2D eigenvalue weighted by molar-refractivity contribution is 7.99. The Morgan fingerprint density at radius 3 is 2.24 bits per heavy atom. The Balaban J connectivity index is 1.42. The average Bonchev–Trinajstić information content (AvgIpc) is 3.25. The number of rotatable bonds is 8. The van der Waals surface area contributed by atoms with E-state index in [1.807, 2.05) is 48.7 Å². The molecule has 0 atom stereocenters. The van der Waals surface area contributed by atoms with Gasteiger partial charge in [-0.05, 0) is 87.0 Å². The molecule has 1 aliphatic rings. The van der Waals surface area contributed by atoms with Crippen molar-refractivity contribution in [3.63, 3.8) is 0 Å². The molecular weight excluding hydrogens is 556 g/mol. The second-order valence-electron chi connectivity index (χ2n) is 9.37. The molecule has 11 heteroatoms. The number of hydrogen-bond acceptors (Lipinski definition) is 7. The van der Waals surface area contributed by atoms with E-state index in [0.29, 0.717) is 17.9 Å². The van der Waals surface area contributed by atoms with Crippen LogP contribution in [0.2, 0.25) is 0 Å². The molecule has 42 heavy (non-hydrogen) atoms. The van der Waals surface area contributed by atoms with E-state index in [0.717, 1.165) is 31.8 Å². The number of barbiturate groups is 1. The van der Waals surface area contributed by atoms with Crippen molar-refractivity contribution in [3.05, 3.63) is 112 Å². The number of carbonyl (C=O) groups excluding carboxylic acids is 3. The molecular formula is C31H26N4O6S. The van der Waals surface area contributed by atoms with E-state index < -0.39 is 22.8 Å². The Hall–Kier alpha value is -5.16. The number of urea groups is 1. The number of nitro groups is 1. The average molecular weight is 583 g/mol. The van der Waals surface area contributed by atoms with E-state index >= 15 is 0 Å². The minimum atomic E-state index is -0.841. The molecule has 10 nitrogen and oxygen atoms in total. The Morgan fingerprint density at radius 2 is 1.60 bits per heavy atom. The second-order valence-corrected chi connectivity index (χ2v) is 10.5. The van der Waals surface area contributed by atoms with Gasteiger partial charge in [0, 0.05) is 39.0 Å². The zero-order valence-corrected chi connectivity index (χ0v) is 23.8. The maximum Gasteiger partial charge on any atom is 0.336 e. The minimum absolute atomic E-state index is 0.0427. The normalized spacial score (nSPS) is 14.3. The Kier molecular flexibility index (Phi) is 7.94. The third kappa shape index (κ3) is 5.54. The highest BCUT2D eigenvalue weighted by atomic mass is 32.2. The number of hydrogen-bond donors (Lipinski definition) is 1. The molecule has 5 rings (SSSR count). The Bertz CT molecular complexity index is 1740. The summed E-state index contributed by atoms with van der Waals surface area (Å²) in [5.74, 6) is -1.16. The molecule has 0 saturated carbocycles.